The number of ether oxygens (including phenoxy) is 1. The second-order valence-electron chi connectivity index (χ2n) is 5.38. The van der Waals surface area contributed by atoms with Gasteiger partial charge in [-0.15, -0.1) is 11.3 Å². The van der Waals surface area contributed by atoms with Gasteiger partial charge >= 0.3 is 5.97 Å². The third kappa shape index (κ3) is 4.72. The molecular formula is C18H14Cl2N2O3S. The Morgan fingerprint density at radius 1 is 1.08 bits per heavy atom. The third-order valence-corrected chi connectivity index (χ3v) is 5.20. The Kier molecular flexibility index (Phi) is 6.08. The SMILES string of the molecule is O=C(COC(=O)CCc1nc2ccccc2s1)Nc1c(Cl)cccc1Cl. The summed E-state index contributed by atoms with van der Waals surface area (Å²) in [6.07, 6.45) is 0.621. The number of carbonyl (C=O) groups excluding carboxylic acids is 2. The topological polar surface area (TPSA) is 68.3 Å². The van der Waals surface area contributed by atoms with Crippen LogP contribution in [0.1, 0.15) is 11.4 Å². The molecule has 26 heavy (non-hydrogen) atoms. The number of esters is 1. The van der Waals surface area contributed by atoms with Gasteiger partial charge in [0.2, 0.25) is 0 Å². The molecule has 1 aromatic heterocycles. The van der Waals surface area contributed by atoms with Gasteiger partial charge in [0.1, 0.15) is 0 Å². The molecule has 0 bridgehead atoms. The highest BCUT2D eigenvalue weighted by atomic mass is 35.5. The van der Waals surface area contributed by atoms with Crippen molar-refractivity contribution in [2.75, 3.05) is 11.9 Å². The summed E-state index contributed by atoms with van der Waals surface area (Å²) in [7, 11) is 0. The van der Waals surface area contributed by atoms with E-state index >= 15 is 0 Å². The van der Waals surface area contributed by atoms with E-state index in [0.29, 0.717) is 22.2 Å². The molecule has 0 aliphatic heterocycles. The van der Waals surface area contributed by atoms with Gasteiger partial charge in [0, 0.05) is 6.42 Å². The zero-order valence-electron chi connectivity index (χ0n) is 13.5. The highest BCUT2D eigenvalue weighted by Crippen LogP contribution is 2.29. The molecule has 3 aromatic rings. The normalized spacial score (nSPS) is 10.7. The number of rotatable bonds is 6. The van der Waals surface area contributed by atoms with Crippen molar-refractivity contribution in [2.24, 2.45) is 0 Å². The molecule has 0 atom stereocenters. The maximum Gasteiger partial charge on any atom is 0.306 e. The number of halogens is 2. The lowest BCUT2D eigenvalue weighted by molar-refractivity contribution is -0.147. The molecule has 0 saturated carbocycles. The van der Waals surface area contributed by atoms with E-state index in [4.69, 9.17) is 27.9 Å². The Balaban J connectivity index is 1.47. The van der Waals surface area contributed by atoms with Crippen LogP contribution in [0.2, 0.25) is 10.0 Å². The Morgan fingerprint density at radius 3 is 2.54 bits per heavy atom. The monoisotopic (exact) mass is 408 g/mol. The molecular weight excluding hydrogens is 395 g/mol. The van der Waals surface area contributed by atoms with Crippen LogP contribution in [-0.2, 0) is 20.7 Å². The fourth-order valence-electron chi connectivity index (χ4n) is 2.25. The number of benzene rings is 2. The number of nitrogens with zero attached hydrogens (tertiary/aromatic N) is 1. The molecule has 0 saturated heterocycles. The second-order valence-corrected chi connectivity index (χ2v) is 7.31. The van der Waals surface area contributed by atoms with E-state index in [0.717, 1.165) is 15.2 Å². The summed E-state index contributed by atoms with van der Waals surface area (Å²) in [5.74, 6) is -0.974. The molecule has 1 amide bonds. The highest BCUT2D eigenvalue weighted by molar-refractivity contribution is 7.18. The fourth-order valence-corrected chi connectivity index (χ4v) is 3.71. The van der Waals surface area contributed by atoms with Crippen molar-refractivity contribution in [1.82, 2.24) is 4.98 Å². The standard InChI is InChI=1S/C18H14Cl2N2O3S/c19-11-4-3-5-12(20)18(11)22-15(23)10-25-17(24)9-8-16-21-13-6-1-2-7-14(13)26-16/h1-7H,8-10H2,(H,22,23). The first-order valence-electron chi connectivity index (χ1n) is 7.77. The zero-order valence-corrected chi connectivity index (χ0v) is 15.8. The molecule has 5 nitrogen and oxygen atoms in total. The summed E-state index contributed by atoms with van der Waals surface area (Å²) < 4.78 is 6.07. The van der Waals surface area contributed by atoms with Gasteiger partial charge < -0.3 is 10.1 Å². The van der Waals surface area contributed by atoms with Crippen LogP contribution >= 0.6 is 34.5 Å². The van der Waals surface area contributed by atoms with Crippen molar-refractivity contribution in [3.8, 4) is 0 Å². The van der Waals surface area contributed by atoms with Crippen LogP contribution in [0.25, 0.3) is 10.2 Å². The summed E-state index contributed by atoms with van der Waals surface area (Å²) in [4.78, 5) is 28.2. The second kappa shape index (κ2) is 8.49. The summed E-state index contributed by atoms with van der Waals surface area (Å²) in [6, 6.07) is 12.7. The molecule has 1 heterocycles. The van der Waals surface area contributed by atoms with Crippen LogP contribution < -0.4 is 5.32 Å². The fraction of sp³-hybridized carbons (Fsp3) is 0.167. The maximum absolute atomic E-state index is 11.9. The van der Waals surface area contributed by atoms with E-state index in [1.54, 1.807) is 29.5 Å². The minimum absolute atomic E-state index is 0.153. The van der Waals surface area contributed by atoms with Crippen LogP contribution in [0.5, 0.6) is 0 Å². The van der Waals surface area contributed by atoms with E-state index in [1.165, 1.54) is 0 Å². The van der Waals surface area contributed by atoms with Crippen molar-refractivity contribution >= 4 is 62.3 Å². The Bertz CT molecular complexity index is 905. The number of nitrogens with one attached hydrogen (secondary N) is 1. The van der Waals surface area contributed by atoms with Gasteiger partial charge in [-0.3, -0.25) is 9.59 Å². The molecule has 0 unspecified atom stereocenters. The first kappa shape index (κ1) is 18.6. The summed E-state index contributed by atoms with van der Waals surface area (Å²) in [5.41, 5.74) is 1.21. The quantitative estimate of drug-likeness (QED) is 0.599. The summed E-state index contributed by atoms with van der Waals surface area (Å²) in [5, 5.41) is 4.02. The molecule has 134 valence electrons. The molecule has 8 heteroatoms. The number of hydrogen-bond acceptors (Lipinski definition) is 5. The minimum atomic E-state index is -0.506. The summed E-state index contributed by atoms with van der Waals surface area (Å²) >= 11 is 13.5. The molecule has 3 rings (SSSR count). The Labute approximate surface area is 163 Å². The summed E-state index contributed by atoms with van der Waals surface area (Å²) in [6.45, 7) is -0.403. The smallest absolute Gasteiger partial charge is 0.306 e. The van der Waals surface area contributed by atoms with Crippen molar-refractivity contribution in [2.45, 2.75) is 12.8 Å². The van der Waals surface area contributed by atoms with E-state index in [1.807, 2.05) is 24.3 Å². The highest BCUT2D eigenvalue weighted by Gasteiger charge is 2.13. The molecule has 0 fully saturated rings. The van der Waals surface area contributed by atoms with E-state index in [-0.39, 0.29) is 6.42 Å². The van der Waals surface area contributed by atoms with Crippen LogP contribution in [0.4, 0.5) is 5.69 Å². The Morgan fingerprint density at radius 2 is 1.81 bits per heavy atom. The van der Waals surface area contributed by atoms with Crippen LogP contribution in [-0.4, -0.2) is 23.5 Å². The Hall–Kier alpha value is -2.15. The largest absolute Gasteiger partial charge is 0.456 e. The maximum atomic E-state index is 11.9. The number of aromatic nitrogens is 1. The molecule has 2 aromatic carbocycles. The number of aryl methyl sites for hydroxylation is 1. The lowest BCUT2D eigenvalue weighted by Crippen LogP contribution is -2.21. The van der Waals surface area contributed by atoms with Crippen molar-refractivity contribution in [3.63, 3.8) is 0 Å². The lowest BCUT2D eigenvalue weighted by atomic mass is 10.3. The van der Waals surface area contributed by atoms with Gasteiger partial charge in [-0.2, -0.15) is 0 Å². The molecule has 0 radical (unpaired) electrons. The molecule has 0 aliphatic rings. The van der Waals surface area contributed by atoms with E-state index in [2.05, 4.69) is 10.3 Å². The first-order valence-corrected chi connectivity index (χ1v) is 9.34. The van der Waals surface area contributed by atoms with Gasteiger partial charge in [0.05, 0.1) is 37.4 Å². The van der Waals surface area contributed by atoms with Crippen LogP contribution in [0, 0.1) is 0 Å². The number of thiazole rings is 1. The first-order chi connectivity index (χ1) is 12.5. The predicted molar refractivity (Wildman–Crippen MR) is 104 cm³/mol. The number of carbonyl (C=O) groups is 2. The van der Waals surface area contributed by atoms with Gasteiger partial charge in [-0.25, -0.2) is 4.98 Å². The van der Waals surface area contributed by atoms with Crippen molar-refractivity contribution in [3.05, 3.63) is 57.5 Å². The molecule has 0 aliphatic carbocycles. The van der Waals surface area contributed by atoms with Gasteiger partial charge in [0.15, 0.2) is 6.61 Å². The number of hydrogen-bond donors (Lipinski definition) is 1. The lowest BCUT2D eigenvalue weighted by Gasteiger charge is -2.09. The molecule has 0 spiro atoms. The third-order valence-electron chi connectivity index (χ3n) is 3.47. The van der Waals surface area contributed by atoms with E-state index < -0.39 is 18.5 Å². The van der Waals surface area contributed by atoms with Gasteiger partial charge in [0.25, 0.3) is 5.91 Å². The van der Waals surface area contributed by atoms with Crippen LogP contribution in [0.15, 0.2) is 42.5 Å². The van der Waals surface area contributed by atoms with Crippen molar-refractivity contribution < 1.29 is 14.3 Å². The van der Waals surface area contributed by atoms with Crippen LogP contribution in [0.3, 0.4) is 0 Å². The number of fused-ring (bicyclic) bond motifs is 1. The number of para-hydroxylation sites is 2. The number of anilines is 1. The average Bonchev–Trinajstić information content (AvgIpc) is 3.04. The zero-order chi connectivity index (χ0) is 18.5. The van der Waals surface area contributed by atoms with Gasteiger partial charge in [-0.05, 0) is 24.3 Å². The average molecular weight is 409 g/mol. The molecule has 1 N–H and O–H groups in total. The van der Waals surface area contributed by atoms with E-state index in [9.17, 15) is 9.59 Å². The predicted octanol–water partition coefficient (Wildman–Crippen LogP) is 4.72. The number of amides is 1. The van der Waals surface area contributed by atoms with Crippen molar-refractivity contribution in [1.29, 1.82) is 0 Å². The minimum Gasteiger partial charge on any atom is -0.456 e. The van der Waals surface area contributed by atoms with Gasteiger partial charge in [-0.1, -0.05) is 41.4 Å².